The number of amides is 1. The molecule has 1 aliphatic rings. The van der Waals surface area contributed by atoms with Crippen molar-refractivity contribution in [3.63, 3.8) is 0 Å². The van der Waals surface area contributed by atoms with E-state index in [-0.39, 0.29) is 11.3 Å². The number of carbonyl (C=O) groups is 1. The average molecular weight is 279 g/mol. The molecule has 1 amide bonds. The van der Waals surface area contributed by atoms with Crippen molar-refractivity contribution in [1.29, 1.82) is 0 Å². The first-order valence-electron chi connectivity index (χ1n) is 6.06. The molecule has 1 aromatic rings. The number of carbonyl (C=O) groups excluding carboxylic acids is 1. The van der Waals surface area contributed by atoms with Crippen LogP contribution in [0.4, 0.5) is 0 Å². The molecule has 0 fully saturated rings. The van der Waals surface area contributed by atoms with Crippen LogP contribution in [0, 0.1) is 0 Å². The molecule has 2 rings (SSSR count). The second-order valence-corrected chi connectivity index (χ2v) is 5.44. The van der Waals surface area contributed by atoms with Crippen molar-refractivity contribution in [2.75, 3.05) is 6.26 Å². The number of benzene rings is 1. The van der Waals surface area contributed by atoms with E-state index < -0.39 is 18.1 Å². The summed E-state index contributed by atoms with van der Waals surface area (Å²) < 4.78 is 0. The van der Waals surface area contributed by atoms with E-state index in [1.54, 1.807) is 36.4 Å². The van der Waals surface area contributed by atoms with E-state index in [1.807, 2.05) is 12.3 Å². The predicted octanol–water partition coefficient (Wildman–Crippen LogP) is 0.867. The molecule has 4 nitrogen and oxygen atoms in total. The molecule has 0 heterocycles. The fourth-order valence-electron chi connectivity index (χ4n) is 2.11. The van der Waals surface area contributed by atoms with Gasteiger partial charge in [0.25, 0.3) is 5.91 Å². The molecule has 0 aliphatic heterocycles. The van der Waals surface area contributed by atoms with Crippen molar-refractivity contribution in [2.24, 2.45) is 0 Å². The second kappa shape index (κ2) is 6.23. The fourth-order valence-corrected chi connectivity index (χ4v) is 2.93. The highest BCUT2D eigenvalue weighted by Gasteiger charge is 2.32. The molecule has 0 aromatic heterocycles. The van der Waals surface area contributed by atoms with Crippen molar-refractivity contribution in [3.05, 3.63) is 48.0 Å². The van der Waals surface area contributed by atoms with Crippen molar-refractivity contribution in [1.82, 2.24) is 5.32 Å². The van der Waals surface area contributed by atoms with Crippen LogP contribution < -0.4 is 5.32 Å². The van der Waals surface area contributed by atoms with E-state index in [4.69, 9.17) is 0 Å². The van der Waals surface area contributed by atoms with Crippen molar-refractivity contribution < 1.29 is 15.0 Å². The van der Waals surface area contributed by atoms with Crippen LogP contribution in [0.1, 0.15) is 11.7 Å². The van der Waals surface area contributed by atoms with Gasteiger partial charge in [-0.25, -0.2) is 0 Å². The largest absolute Gasteiger partial charge is 0.388 e. The molecule has 5 heteroatoms. The number of hydrogen-bond acceptors (Lipinski definition) is 4. The zero-order valence-corrected chi connectivity index (χ0v) is 11.4. The van der Waals surface area contributed by atoms with Gasteiger partial charge in [-0.2, -0.15) is 11.8 Å². The first-order chi connectivity index (χ1) is 9.13. The average Bonchev–Trinajstić information content (AvgIpc) is 2.79. The summed E-state index contributed by atoms with van der Waals surface area (Å²) in [5, 5.41) is 22.3. The summed E-state index contributed by atoms with van der Waals surface area (Å²) in [6.07, 6.45) is 3.57. The van der Waals surface area contributed by atoms with Gasteiger partial charge in [0.15, 0.2) is 6.10 Å². The Morgan fingerprint density at radius 1 is 1.32 bits per heavy atom. The Morgan fingerprint density at radius 2 is 2.00 bits per heavy atom. The molecule has 102 valence electrons. The van der Waals surface area contributed by atoms with E-state index >= 15 is 0 Å². The van der Waals surface area contributed by atoms with Gasteiger partial charge in [0.05, 0.1) is 17.4 Å². The first-order valence-corrected chi connectivity index (χ1v) is 7.35. The SMILES string of the molecule is CS[C@H]1[C@H](O)C=C[C@@H]1NC(=O)[C@H](O)c1ccccc1. The van der Waals surface area contributed by atoms with Gasteiger partial charge in [0.2, 0.25) is 0 Å². The number of aliphatic hydroxyl groups excluding tert-OH is 2. The molecular weight excluding hydrogens is 262 g/mol. The molecule has 0 unspecified atom stereocenters. The first kappa shape index (κ1) is 14.1. The van der Waals surface area contributed by atoms with Gasteiger partial charge < -0.3 is 15.5 Å². The standard InChI is InChI=1S/C14H17NO3S/c1-19-13-10(7-8-11(13)16)15-14(18)12(17)9-5-3-2-4-6-9/h2-8,10-13,16-17H,1H3,(H,15,18)/t10-,11+,12+,13+/m0/s1. The lowest BCUT2D eigenvalue weighted by atomic mass is 10.1. The lowest BCUT2D eigenvalue weighted by Gasteiger charge is -2.22. The third-order valence-corrected chi connectivity index (χ3v) is 4.27. The minimum absolute atomic E-state index is 0.105. The number of hydrogen-bond donors (Lipinski definition) is 3. The van der Waals surface area contributed by atoms with Crippen LogP contribution in [0.25, 0.3) is 0 Å². The lowest BCUT2D eigenvalue weighted by Crippen LogP contribution is -2.43. The van der Waals surface area contributed by atoms with Crippen LogP contribution in [0.5, 0.6) is 0 Å². The lowest BCUT2D eigenvalue weighted by molar-refractivity contribution is -0.130. The monoisotopic (exact) mass is 279 g/mol. The fraction of sp³-hybridized carbons (Fsp3) is 0.357. The van der Waals surface area contributed by atoms with Gasteiger partial charge in [-0.1, -0.05) is 42.5 Å². The number of aliphatic hydroxyl groups is 2. The van der Waals surface area contributed by atoms with Crippen LogP contribution >= 0.6 is 11.8 Å². The third-order valence-electron chi connectivity index (χ3n) is 3.15. The van der Waals surface area contributed by atoms with E-state index in [0.717, 1.165) is 0 Å². The number of thioether (sulfide) groups is 1. The Labute approximate surface area is 116 Å². The Hall–Kier alpha value is -1.30. The highest BCUT2D eigenvalue weighted by Crippen LogP contribution is 2.24. The molecule has 1 aromatic carbocycles. The van der Waals surface area contributed by atoms with Crippen molar-refractivity contribution in [3.8, 4) is 0 Å². The smallest absolute Gasteiger partial charge is 0.253 e. The van der Waals surface area contributed by atoms with Gasteiger partial charge in [-0.15, -0.1) is 0 Å². The highest BCUT2D eigenvalue weighted by atomic mass is 32.2. The Bertz CT molecular complexity index is 463. The summed E-state index contributed by atoms with van der Waals surface area (Å²) >= 11 is 1.49. The highest BCUT2D eigenvalue weighted by molar-refractivity contribution is 7.99. The maximum atomic E-state index is 12.0. The predicted molar refractivity (Wildman–Crippen MR) is 75.8 cm³/mol. The Morgan fingerprint density at radius 3 is 2.63 bits per heavy atom. The van der Waals surface area contributed by atoms with Gasteiger partial charge in [-0.05, 0) is 11.8 Å². The molecule has 3 N–H and O–H groups in total. The molecule has 0 saturated heterocycles. The van der Waals surface area contributed by atoms with E-state index in [9.17, 15) is 15.0 Å². The molecule has 4 atom stereocenters. The maximum absolute atomic E-state index is 12.0. The van der Waals surface area contributed by atoms with Crippen LogP contribution in [0.2, 0.25) is 0 Å². The minimum atomic E-state index is -1.19. The number of nitrogens with one attached hydrogen (secondary N) is 1. The Kier molecular flexibility index (Phi) is 4.63. The molecule has 0 bridgehead atoms. The van der Waals surface area contributed by atoms with Crippen LogP contribution in [0.15, 0.2) is 42.5 Å². The second-order valence-electron chi connectivity index (χ2n) is 4.42. The number of rotatable bonds is 4. The summed E-state index contributed by atoms with van der Waals surface area (Å²) in [6.45, 7) is 0. The van der Waals surface area contributed by atoms with Crippen LogP contribution in [0.3, 0.4) is 0 Å². The molecule has 0 spiro atoms. The van der Waals surface area contributed by atoms with Gasteiger partial charge in [0, 0.05) is 0 Å². The zero-order chi connectivity index (χ0) is 13.8. The van der Waals surface area contributed by atoms with Gasteiger partial charge >= 0.3 is 0 Å². The summed E-state index contributed by atoms with van der Waals surface area (Å²) in [5.74, 6) is -0.450. The van der Waals surface area contributed by atoms with Gasteiger partial charge in [-0.3, -0.25) is 4.79 Å². The quantitative estimate of drug-likeness (QED) is 0.715. The summed E-state index contributed by atoms with van der Waals surface area (Å²) in [7, 11) is 0. The normalized spacial score (nSPS) is 27.2. The zero-order valence-electron chi connectivity index (χ0n) is 10.6. The maximum Gasteiger partial charge on any atom is 0.253 e. The summed E-state index contributed by atoms with van der Waals surface area (Å²) in [6, 6.07) is 8.53. The van der Waals surface area contributed by atoms with Gasteiger partial charge in [0.1, 0.15) is 0 Å². The minimum Gasteiger partial charge on any atom is -0.388 e. The molecule has 19 heavy (non-hydrogen) atoms. The van der Waals surface area contributed by atoms with E-state index in [0.29, 0.717) is 5.56 Å². The third kappa shape index (κ3) is 3.18. The topological polar surface area (TPSA) is 69.6 Å². The molecule has 0 radical (unpaired) electrons. The van der Waals surface area contributed by atoms with Crippen LogP contribution in [-0.2, 0) is 4.79 Å². The molecular formula is C14H17NO3S. The Balaban J connectivity index is 2.00. The van der Waals surface area contributed by atoms with Crippen molar-refractivity contribution in [2.45, 2.75) is 23.5 Å². The summed E-state index contributed by atoms with van der Waals surface area (Å²) in [5.41, 5.74) is 0.559. The van der Waals surface area contributed by atoms with E-state index in [1.165, 1.54) is 11.8 Å². The van der Waals surface area contributed by atoms with Crippen LogP contribution in [-0.4, -0.2) is 39.8 Å². The molecule has 0 saturated carbocycles. The molecule has 1 aliphatic carbocycles. The van der Waals surface area contributed by atoms with Crippen molar-refractivity contribution >= 4 is 17.7 Å². The summed E-state index contributed by atoms with van der Waals surface area (Å²) in [4.78, 5) is 12.0. The van der Waals surface area contributed by atoms with E-state index in [2.05, 4.69) is 5.32 Å².